The molecule has 114 valence electrons. The van der Waals surface area contributed by atoms with Gasteiger partial charge in [-0.25, -0.2) is 0 Å². The lowest BCUT2D eigenvalue weighted by Gasteiger charge is -2.42. The van der Waals surface area contributed by atoms with Crippen molar-refractivity contribution in [3.63, 3.8) is 0 Å². The normalized spacial score (nSPS) is 25.0. The topological polar surface area (TPSA) is 20.3 Å². The Morgan fingerprint density at radius 2 is 1.90 bits per heavy atom. The van der Waals surface area contributed by atoms with Crippen LogP contribution in [0.4, 0.5) is 5.69 Å². The fourth-order valence-corrected chi connectivity index (χ4v) is 4.09. The van der Waals surface area contributed by atoms with Gasteiger partial charge in [0.15, 0.2) is 0 Å². The van der Waals surface area contributed by atoms with E-state index in [1.54, 1.807) is 0 Å². The summed E-state index contributed by atoms with van der Waals surface area (Å²) in [7, 11) is 0. The van der Waals surface area contributed by atoms with Crippen LogP contribution in [0.2, 0.25) is 0 Å². The molecule has 0 spiro atoms. The van der Waals surface area contributed by atoms with E-state index >= 15 is 0 Å². The van der Waals surface area contributed by atoms with Crippen LogP contribution < -0.4 is 4.90 Å². The van der Waals surface area contributed by atoms with Crippen molar-refractivity contribution in [1.82, 2.24) is 0 Å². The monoisotopic (exact) mass is 285 g/mol. The van der Waals surface area contributed by atoms with E-state index in [-0.39, 0.29) is 5.41 Å². The van der Waals surface area contributed by atoms with E-state index in [4.69, 9.17) is 0 Å². The number of hydrogen-bond acceptors (Lipinski definition) is 2. The molecular formula is C19H27NO. The fourth-order valence-electron chi connectivity index (χ4n) is 4.09. The molecule has 2 heteroatoms. The number of rotatable bonds is 3. The molecule has 0 radical (unpaired) electrons. The summed E-state index contributed by atoms with van der Waals surface area (Å²) >= 11 is 0. The molecule has 1 fully saturated rings. The maximum absolute atomic E-state index is 11.9. The van der Waals surface area contributed by atoms with Gasteiger partial charge in [-0.1, -0.05) is 43.9 Å². The highest BCUT2D eigenvalue weighted by molar-refractivity contribution is 5.63. The third-order valence-electron chi connectivity index (χ3n) is 5.50. The van der Waals surface area contributed by atoms with Gasteiger partial charge in [0.2, 0.25) is 0 Å². The average Bonchev–Trinajstić information content (AvgIpc) is 2.76. The lowest BCUT2D eigenvalue weighted by atomic mass is 9.80. The summed E-state index contributed by atoms with van der Waals surface area (Å²) in [6.45, 7) is 3.22. The third-order valence-corrected chi connectivity index (χ3v) is 5.50. The van der Waals surface area contributed by atoms with Gasteiger partial charge < -0.3 is 9.69 Å². The molecule has 1 heterocycles. The first-order chi connectivity index (χ1) is 10.2. The number of hydrogen-bond donors (Lipinski definition) is 0. The van der Waals surface area contributed by atoms with Gasteiger partial charge in [0.05, 0.1) is 0 Å². The van der Waals surface area contributed by atoms with Crippen molar-refractivity contribution in [2.75, 3.05) is 11.4 Å². The minimum Gasteiger partial charge on any atom is -0.368 e. The van der Waals surface area contributed by atoms with Crippen molar-refractivity contribution in [3.8, 4) is 0 Å². The number of nitrogens with zero attached hydrogens (tertiary/aromatic N) is 1. The van der Waals surface area contributed by atoms with Crippen LogP contribution in [-0.4, -0.2) is 18.9 Å². The van der Waals surface area contributed by atoms with Crippen molar-refractivity contribution in [2.24, 2.45) is 5.41 Å². The SMILES string of the molecule is CC1CCc2ccccc2N1CC1(C=O)CCCCCC1. The van der Waals surface area contributed by atoms with E-state index in [2.05, 4.69) is 36.1 Å². The summed E-state index contributed by atoms with van der Waals surface area (Å²) in [5.74, 6) is 0. The second-order valence-electron chi connectivity index (χ2n) is 7.04. The number of aldehydes is 1. The van der Waals surface area contributed by atoms with Gasteiger partial charge in [-0.05, 0) is 44.2 Å². The fraction of sp³-hybridized carbons (Fsp3) is 0.632. The Bertz CT molecular complexity index is 488. The number of benzene rings is 1. The third kappa shape index (κ3) is 3.00. The molecule has 2 aliphatic rings. The minimum absolute atomic E-state index is 0.116. The Balaban J connectivity index is 1.86. The molecule has 1 aromatic rings. The first-order valence-electron chi connectivity index (χ1n) is 8.55. The Morgan fingerprint density at radius 1 is 1.19 bits per heavy atom. The summed E-state index contributed by atoms with van der Waals surface area (Å²) in [4.78, 5) is 14.4. The van der Waals surface area contributed by atoms with Gasteiger partial charge in [0.25, 0.3) is 0 Å². The van der Waals surface area contributed by atoms with Crippen LogP contribution in [0.1, 0.15) is 57.4 Å². The van der Waals surface area contributed by atoms with Crippen molar-refractivity contribution in [1.29, 1.82) is 0 Å². The summed E-state index contributed by atoms with van der Waals surface area (Å²) in [6.07, 6.45) is 10.8. The first kappa shape index (κ1) is 14.6. The molecule has 1 aliphatic carbocycles. The zero-order chi connectivity index (χ0) is 14.7. The average molecular weight is 285 g/mol. The predicted molar refractivity (Wildman–Crippen MR) is 87.8 cm³/mol. The molecule has 0 aromatic heterocycles. The second kappa shape index (κ2) is 6.21. The lowest BCUT2D eigenvalue weighted by Crippen LogP contribution is -2.45. The quantitative estimate of drug-likeness (QED) is 0.607. The van der Waals surface area contributed by atoms with E-state index in [0.717, 1.165) is 19.4 Å². The molecule has 21 heavy (non-hydrogen) atoms. The molecule has 1 unspecified atom stereocenters. The minimum atomic E-state index is -0.116. The number of carbonyl (C=O) groups excluding carboxylic acids is 1. The molecule has 1 aliphatic heterocycles. The molecule has 1 aromatic carbocycles. The first-order valence-corrected chi connectivity index (χ1v) is 8.55. The van der Waals surface area contributed by atoms with Crippen LogP contribution >= 0.6 is 0 Å². The summed E-state index contributed by atoms with van der Waals surface area (Å²) in [6, 6.07) is 9.29. The van der Waals surface area contributed by atoms with Crippen molar-refractivity contribution in [3.05, 3.63) is 29.8 Å². The van der Waals surface area contributed by atoms with E-state index < -0.39 is 0 Å². The van der Waals surface area contributed by atoms with E-state index in [9.17, 15) is 4.79 Å². The summed E-state index contributed by atoms with van der Waals surface area (Å²) in [5.41, 5.74) is 2.70. The number of para-hydroxylation sites is 1. The molecule has 1 atom stereocenters. The molecule has 0 bridgehead atoms. The number of anilines is 1. The van der Waals surface area contributed by atoms with Gasteiger partial charge in [-0.15, -0.1) is 0 Å². The molecule has 1 saturated carbocycles. The summed E-state index contributed by atoms with van der Waals surface area (Å²) in [5, 5.41) is 0. The van der Waals surface area contributed by atoms with Gasteiger partial charge in [-0.3, -0.25) is 0 Å². The van der Waals surface area contributed by atoms with Crippen molar-refractivity contribution < 1.29 is 4.79 Å². The Morgan fingerprint density at radius 3 is 2.62 bits per heavy atom. The Hall–Kier alpha value is -1.31. The highest BCUT2D eigenvalue weighted by Gasteiger charge is 2.35. The number of carbonyl (C=O) groups is 1. The second-order valence-corrected chi connectivity index (χ2v) is 7.04. The van der Waals surface area contributed by atoms with Crippen LogP contribution in [0.5, 0.6) is 0 Å². The van der Waals surface area contributed by atoms with E-state index in [1.165, 1.54) is 56.1 Å². The number of aryl methyl sites for hydroxylation is 1. The van der Waals surface area contributed by atoms with Crippen molar-refractivity contribution >= 4 is 12.0 Å². The van der Waals surface area contributed by atoms with Gasteiger partial charge in [0, 0.05) is 23.7 Å². The van der Waals surface area contributed by atoms with Crippen LogP contribution in [0, 0.1) is 5.41 Å². The van der Waals surface area contributed by atoms with Gasteiger partial charge in [-0.2, -0.15) is 0 Å². The molecule has 3 rings (SSSR count). The zero-order valence-electron chi connectivity index (χ0n) is 13.2. The highest BCUT2D eigenvalue weighted by atomic mass is 16.1. The summed E-state index contributed by atoms with van der Waals surface area (Å²) < 4.78 is 0. The van der Waals surface area contributed by atoms with Crippen LogP contribution in [0.3, 0.4) is 0 Å². The Labute approximate surface area is 128 Å². The van der Waals surface area contributed by atoms with Crippen LogP contribution in [-0.2, 0) is 11.2 Å². The molecular weight excluding hydrogens is 258 g/mol. The number of fused-ring (bicyclic) bond motifs is 1. The maximum Gasteiger partial charge on any atom is 0.127 e. The van der Waals surface area contributed by atoms with Crippen molar-refractivity contribution in [2.45, 2.75) is 64.3 Å². The molecule has 0 N–H and O–H groups in total. The van der Waals surface area contributed by atoms with E-state index in [1.807, 2.05) is 0 Å². The molecule has 0 saturated heterocycles. The standard InChI is InChI=1S/C19H27NO/c1-16-10-11-17-8-4-5-9-18(17)20(16)14-19(15-21)12-6-2-3-7-13-19/h4-5,8-9,15-16H,2-3,6-7,10-14H2,1H3. The van der Waals surface area contributed by atoms with Gasteiger partial charge in [0.1, 0.15) is 6.29 Å². The molecule has 0 amide bonds. The zero-order valence-corrected chi connectivity index (χ0v) is 13.2. The van der Waals surface area contributed by atoms with Crippen LogP contribution in [0.25, 0.3) is 0 Å². The molecule has 2 nitrogen and oxygen atoms in total. The highest BCUT2D eigenvalue weighted by Crippen LogP contribution is 2.38. The Kier molecular flexibility index (Phi) is 4.32. The predicted octanol–water partition coefficient (Wildman–Crippen LogP) is 4.37. The maximum atomic E-state index is 11.9. The lowest BCUT2D eigenvalue weighted by molar-refractivity contribution is -0.116. The van der Waals surface area contributed by atoms with Crippen LogP contribution in [0.15, 0.2) is 24.3 Å². The van der Waals surface area contributed by atoms with Gasteiger partial charge >= 0.3 is 0 Å². The largest absolute Gasteiger partial charge is 0.368 e. The van der Waals surface area contributed by atoms with E-state index in [0.29, 0.717) is 6.04 Å². The smallest absolute Gasteiger partial charge is 0.127 e.